The molecule has 0 spiro atoms. The van der Waals surface area contributed by atoms with Crippen LogP contribution in [0.15, 0.2) is 18.2 Å². The Balaban J connectivity index is 2.38. The normalized spacial score (nSPS) is 16.5. The summed E-state index contributed by atoms with van der Waals surface area (Å²) in [6, 6.07) is 5.76. The van der Waals surface area contributed by atoms with Crippen LogP contribution < -0.4 is 4.74 Å². The number of ether oxygens (including phenoxy) is 1. The van der Waals surface area contributed by atoms with Gasteiger partial charge in [0.25, 0.3) is 0 Å². The second-order valence-corrected chi connectivity index (χ2v) is 4.65. The van der Waals surface area contributed by atoms with Crippen LogP contribution in [0.5, 0.6) is 5.75 Å². The van der Waals surface area contributed by atoms with Crippen molar-refractivity contribution in [1.29, 1.82) is 0 Å². The summed E-state index contributed by atoms with van der Waals surface area (Å²) in [4.78, 5) is 0. The van der Waals surface area contributed by atoms with Crippen LogP contribution in [-0.4, -0.2) is 22.4 Å². The maximum Gasteiger partial charge on any atom is 0.128 e. The van der Waals surface area contributed by atoms with Gasteiger partial charge in [0.2, 0.25) is 0 Å². The van der Waals surface area contributed by atoms with Gasteiger partial charge in [0, 0.05) is 12.0 Å². The minimum absolute atomic E-state index is 0.522. The molecule has 0 saturated heterocycles. The third-order valence-corrected chi connectivity index (χ3v) is 3.77. The van der Waals surface area contributed by atoms with Crippen molar-refractivity contribution in [2.75, 3.05) is 6.61 Å². The van der Waals surface area contributed by atoms with E-state index in [9.17, 15) is 10.2 Å². The zero-order chi connectivity index (χ0) is 12.5. The number of aliphatic hydroxyl groups excluding tert-OH is 1. The predicted molar refractivity (Wildman–Crippen MR) is 66.1 cm³/mol. The first-order chi connectivity index (χ1) is 8.12. The van der Waals surface area contributed by atoms with Crippen molar-refractivity contribution < 1.29 is 14.9 Å². The number of para-hydroxylation sites is 1. The minimum atomic E-state index is -1.07. The SMILES string of the molecule is CCC(O)(CC)C(O)c1cccc2c1OCC2. The molecule has 1 heterocycles. The molecule has 0 fully saturated rings. The molecule has 3 nitrogen and oxygen atoms in total. The van der Waals surface area contributed by atoms with Crippen molar-refractivity contribution in [2.45, 2.75) is 44.8 Å². The molecule has 0 aromatic heterocycles. The summed E-state index contributed by atoms with van der Waals surface area (Å²) >= 11 is 0. The molecule has 2 N–H and O–H groups in total. The highest BCUT2D eigenvalue weighted by molar-refractivity contribution is 5.45. The van der Waals surface area contributed by atoms with E-state index in [-0.39, 0.29) is 0 Å². The number of aliphatic hydroxyl groups is 2. The first-order valence-corrected chi connectivity index (χ1v) is 6.27. The van der Waals surface area contributed by atoms with Gasteiger partial charge in [-0.15, -0.1) is 0 Å². The van der Waals surface area contributed by atoms with E-state index in [1.165, 1.54) is 0 Å². The molecule has 1 aliphatic heterocycles. The highest BCUT2D eigenvalue weighted by Gasteiger charge is 2.35. The zero-order valence-electron chi connectivity index (χ0n) is 10.4. The molecule has 0 aliphatic carbocycles. The lowest BCUT2D eigenvalue weighted by Crippen LogP contribution is -2.35. The molecule has 0 amide bonds. The summed E-state index contributed by atoms with van der Waals surface area (Å²) in [5.74, 6) is 0.764. The molecular formula is C14H20O3. The molecular weight excluding hydrogens is 216 g/mol. The number of fused-ring (bicyclic) bond motifs is 1. The fourth-order valence-electron chi connectivity index (χ4n) is 2.38. The van der Waals surface area contributed by atoms with Crippen molar-refractivity contribution in [3.05, 3.63) is 29.3 Å². The molecule has 0 bridgehead atoms. The Morgan fingerprint density at radius 3 is 2.71 bits per heavy atom. The lowest BCUT2D eigenvalue weighted by Gasteiger charge is -2.31. The summed E-state index contributed by atoms with van der Waals surface area (Å²) in [6.45, 7) is 4.43. The van der Waals surface area contributed by atoms with Crippen LogP contribution in [0.3, 0.4) is 0 Å². The number of benzene rings is 1. The first kappa shape index (κ1) is 12.4. The lowest BCUT2D eigenvalue weighted by molar-refractivity contribution is -0.0828. The van der Waals surface area contributed by atoms with Crippen LogP contribution >= 0.6 is 0 Å². The fourth-order valence-corrected chi connectivity index (χ4v) is 2.38. The molecule has 3 heteroatoms. The van der Waals surface area contributed by atoms with Crippen molar-refractivity contribution in [3.63, 3.8) is 0 Å². The molecule has 1 unspecified atom stereocenters. The molecule has 94 valence electrons. The van der Waals surface area contributed by atoms with E-state index in [2.05, 4.69) is 0 Å². The third-order valence-electron chi connectivity index (χ3n) is 3.77. The Morgan fingerprint density at radius 2 is 2.06 bits per heavy atom. The van der Waals surface area contributed by atoms with E-state index in [4.69, 9.17) is 4.74 Å². The summed E-state index contributed by atoms with van der Waals surface area (Å²) in [7, 11) is 0. The average Bonchev–Trinajstić information content (AvgIpc) is 2.85. The largest absolute Gasteiger partial charge is 0.493 e. The smallest absolute Gasteiger partial charge is 0.128 e. The standard InChI is InChI=1S/C14H20O3/c1-3-14(16,4-2)13(15)11-7-5-6-10-8-9-17-12(10)11/h5-7,13,15-16H,3-4,8-9H2,1-2H3. The number of hydrogen-bond donors (Lipinski definition) is 2. The van der Waals surface area contributed by atoms with E-state index in [0.717, 1.165) is 17.7 Å². The van der Waals surface area contributed by atoms with Gasteiger partial charge in [-0.25, -0.2) is 0 Å². The Morgan fingerprint density at radius 1 is 1.35 bits per heavy atom. The average molecular weight is 236 g/mol. The van der Waals surface area contributed by atoms with E-state index in [1.54, 1.807) is 0 Å². The lowest BCUT2D eigenvalue weighted by atomic mass is 9.85. The topological polar surface area (TPSA) is 49.7 Å². The van der Waals surface area contributed by atoms with Crippen LogP contribution in [0.1, 0.15) is 43.9 Å². The zero-order valence-corrected chi connectivity index (χ0v) is 10.4. The van der Waals surface area contributed by atoms with Crippen molar-refractivity contribution in [2.24, 2.45) is 0 Å². The van der Waals surface area contributed by atoms with E-state index in [0.29, 0.717) is 25.0 Å². The first-order valence-electron chi connectivity index (χ1n) is 6.27. The predicted octanol–water partition coefficient (Wildman–Crippen LogP) is 2.21. The molecule has 2 rings (SSSR count). The highest BCUT2D eigenvalue weighted by Crippen LogP contribution is 2.39. The van der Waals surface area contributed by atoms with Gasteiger partial charge in [-0.2, -0.15) is 0 Å². The number of rotatable bonds is 4. The molecule has 1 atom stereocenters. The second-order valence-electron chi connectivity index (χ2n) is 4.65. The molecule has 1 aliphatic rings. The second kappa shape index (κ2) is 4.67. The Bertz CT molecular complexity index is 396. The summed E-state index contributed by atoms with van der Waals surface area (Å²) in [6.07, 6.45) is 1.04. The Labute approximate surface area is 102 Å². The maximum atomic E-state index is 10.4. The summed E-state index contributed by atoms with van der Waals surface area (Å²) < 4.78 is 5.56. The molecule has 1 aromatic rings. The summed E-state index contributed by atoms with van der Waals surface area (Å²) in [5, 5.41) is 20.8. The maximum absolute atomic E-state index is 10.4. The van der Waals surface area contributed by atoms with Crippen LogP contribution in [-0.2, 0) is 6.42 Å². The van der Waals surface area contributed by atoms with E-state index >= 15 is 0 Å². The van der Waals surface area contributed by atoms with Gasteiger partial charge < -0.3 is 14.9 Å². The monoisotopic (exact) mass is 236 g/mol. The van der Waals surface area contributed by atoms with Crippen LogP contribution in [0, 0.1) is 0 Å². The quantitative estimate of drug-likeness (QED) is 0.842. The minimum Gasteiger partial charge on any atom is -0.493 e. The van der Waals surface area contributed by atoms with E-state index < -0.39 is 11.7 Å². The van der Waals surface area contributed by atoms with Gasteiger partial charge >= 0.3 is 0 Å². The summed E-state index contributed by atoms with van der Waals surface area (Å²) in [5.41, 5.74) is 0.767. The molecule has 17 heavy (non-hydrogen) atoms. The molecule has 0 radical (unpaired) electrons. The molecule has 0 saturated carbocycles. The molecule has 1 aromatic carbocycles. The fraction of sp³-hybridized carbons (Fsp3) is 0.571. The Hall–Kier alpha value is -1.06. The van der Waals surface area contributed by atoms with Gasteiger partial charge in [-0.3, -0.25) is 0 Å². The van der Waals surface area contributed by atoms with Crippen LogP contribution in [0.2, 0.25) is 0 Å². The van der Waals surface area contributed by atoms with Gasteiger partial charge in [-0.05, 0) is 18.4 Å². The van der Waals surface area contributed by atoms with Gasteiger partial charge in [0.15, 0.2) is 0 Å². The number of hydrogen-bond acceptors (Lipinski definition) is 3. The van der Waals surface area contributed by atoms with Crippen molar-refractivity contribution >= 4 is 0 Å². The van der Waals surface area contributed by atoms with Crippen LogP contribution in [0.4, 0.5) is 0 Å². The van der Waals surface area contributed by atoms with Crippen molar-refractivity contribution in [1.82, 2.24) is 0 Å². The van der Waals surface area contributed by atoms with E-state index in [1.807, 2.05) is 32.0 Å². The highest BCUT2D eigenvalue weighted by atomic mass is 16.5. The Kier molecular flexibility index (Phi) is 3.40. The van der Waals surface area contributed by atoms with Crippen LogP contribution in [0.25, 0.3) is 0 Å². The van der Waals surface area contributed by atoms with Gasteiger partial charge in [-0.1, -0.05) is 32.0 Å². The van der Waals surface area contributed by atoms with Gasteiger partial charge in [0.05, 0.1) is 12.2 Å². The van der Waals surface area contributed by atoms with Gasteiger partial charge in [0.1, 0.15) is 11.9 Å². The van der Waals surface area contributed by atoms with Crippen molar-refractivity contribution in [3.8, 4) is 5.75 Å². The third kappa shape index (κ3) is 2.05.